The molecule has 1 aliphatic carbocycles. The smallest absolute Gasteiger partial charge is 0.0629 e. The highest BCUT2D eigenvalue weighted by Crippen LogP contribution is 2.33. The Morgan fingerprint density at radius 1 is 1.21 bits per heavy atom. The number of hydrogen-bond donors (Lipinski definition) is 0. The van der Waals surface area contributed by atoms with E-state index in [1.165, 1.54) is 32.2 Å². The summed E-state index contributed by atoms with van der Waals surface area (Å²) in [7, 11) is 0. The van der Waals surface area contributed by atoms with Crippen molar-refractivity contribution in [3.63, 3.8) is 0 Å². The van der Waals surface area contributed by atoms with Crippen molar-refractivity contribution >= 4 is 0 Å². The molecule has 0 aromatic carbocycles. The first-order chi connectivity index (χ1) is 6.56. The fraction of sp³-hybridized carbons (Fsp3) is 1.00. The molecule has 2 heteroatoms. The molecule has 2 rings (SSSR count). The Kier molecular flexibility index (Phi) is 2.85. The third-order valence-electron chi connectivity index (χ3n) is 3.15. The molecule has 2 fully saturated rings. The van der Waals surface area contributed by atoms with Gasteiger partial charge < -0.3 is 4.74 Å². The van der Waals surface area contributed by atoms with Gasteiger partial charge in [-0.05, 0) is 53.0 Å². The Balaban J connectivity index is 1.78. The third kappa shape index (κ3) is 2.71. The van der Waals surface area contributed by atoms with Gasteiger partial charge in [0.2, 0.25) is 0 Å². The van der Waals surface area contributed by atoms with Gasteiger partial charge in [0.15, 0.2) is 0 Å². The number of likely N-dealkylation sites (tertiary alicyclic amines) is 1. The highest BCUT2D eigenvalue weighted by molar-refractivity contribution is 4.92. The van der Waals surface area contributed by atoms with Crippen LogP contribution in [0.2, 0.25) is 0 Å². The van der Waals surface area contributed by atoms with Gasteiger partial charge in [-0.3, -0.25) is 4.90 Å². The Labute approximate surface area is 87.6 Å². The van der Waals surface area contributed by atoms with Crippen LogP contribution in [-0.2, 0) is 4.74 Å². The molecule has 2 aliphatic rings. The summed E-state index contributed by atoms with van der Waals surface area (Å²) in [5.74, 6) is 0. The van der Waals surface area contributed by atoms with Crippen LogP contribution in [0.15, 0.2) is 0 Å². The van der Waals surface area contributed by atoms with E-state index in [4.69, 9.17) is 4.74 Å². The van der Waals surface area contributed by atoms with Crippen LogP contribution in [0.3, 0.4) is 0 Å². The van der Waals surface area contributed by atoms with Crippen LogP contribution in [0.1, 0.15) is 46.5 Å². The van der Waals surface area contributed by atoms with Gasteiger partial charge in [0.1, 0.15) is 0 Å². The molecule has 0 N–H and O–H groups in total. The summed E-state index contributed by atoms with van der Waals surface area (Å²) in [5.41, 5.74) is 0.0256. The highest BCUT2D eigenvalue weighted by atomic mass is 16.5. The van der Waals surface area contributed by atoms with Crippen LogP contribution >= 0.6 is 0 Å². The molecule has 2 nitrogen and oxygen atoms in total. The predicted molar refractivity (Wildman–Crippen MR) is 58.5 cm³/mol. The quantitative estimate of drug-likeness (QED) is 0.689. The SMILES string of the molecule is CC(C)(C)OC[C@@H]1CCCN1C1CC1. The van der Waals surface area contributed by atoms with Crippen molar-refractivity contribution in [2.45, 2.75) is 64.1 Å². The molecule has 0 aromatic rings. The zero-order chi connectivity index (χ0) is 10.2. The topological polar surface area (TPSA) is 12.5 Å². The average Bonchev–Trinajstić information content (AvgIpc) is 2.81. The normalized spacial score (nSPS) is 29.8. The van der Waals surface area contributed by atoms with Gasteiger partial charge in [-0.1, -0.05) is 0 Å². The van der Waals surface area contributed by atoms with E-state index >= 15 is 0 Å². The van der Waals surface area contributed by atoms with Gasteiger partial charge in [0, 0.05) is 12.1 Å². The first-order valence-corrected chi connectivity index (χ1v) is 5.96. The summed E-state index contributed by atoms with van der Waals surface area (Å²) in [6.07, 6.45) is 5.55. The lowest BCUT2D eigenvalue weighted by atomic mass is 10.2. The molecule has 0 spiro atoms. The van der Waals surface area contributed by atoms with Gasteiger partial charge in [-0.25, -0.2) is 0 Å². The molecule has 1 atom stereocenters. The van der Waals surface area contributed by atoms with E-state index in [-0.39, 0.29) is 5.60 Å². The minimum atomic E-state index is 0.0256. The van der Waals surface area contributed by atoms with Gasteiger partial charge in [-0.2, -0.15) is 0 Å². The lowest BCUT2D eigenvalue weighted by Gasteiger charge is -2.28. The first-order valence-electron chi connectivity index (χ1n) is 5.96. The maximum absolute atomic E-state index is 5.88. The molecule has 1 saturated heterocycles. The number of hydrogen-bond acceptors (Lipinski definition) is 2. The second-order valence-electron chi connectivity index (χ2n) is 5.69. The van der Waals surface area contributed by atoms with E-state index in [9.17, 15) is 0 Å². The van der Waals surface area contributed by atoms with Crippen molar-refractivity contribution in [3.05, 3.63) is 0 Å². The van der Waals surface area contributed by atoms with Crippen LogP contribution in [0.25, 0.3) is 0 Å². The molecule has 1 saturated carbocycles. The molecule has 82 valence electrons. The number of ether oxygens (including phenoxy) is 1. The molecular weight excluding hydrogens is 174 g/mol. The average molecular weight is 197 g/mol. The highest BCUT2D eigenvalue weighted by Gasteiger charge is 2.37. The van der Waals surface area contributed by atoms with Crippen LogP contribution in [0.4, 0.5) is 0 Å². The molecule has 0 aromatic heterocycles. The maximum atomic E-state index is 5.88. The molecule has 0 amide bonds. The molecule has 1 heterocycles. The largest absolute Gasteiger partial charge is 0.374 e. The van der Waals surface area contributed by atoms with Gasteiger partial charge in [0.05, 0.1) is 12.2 Å². The molecule has 0 unspecified atom stereocenters. The summed E-state index contributed by atoms with van der Waals surface area (Å²) in [5, 5.41) is 0. The number of rotatable bonds is 3. The van der Waals surface area contributed by atoms with Gasteiger partial charge in [0.25, 0.3) is 0 Å². The fourth-order valence-electron chi connectivity index (χ4n) is 2.27. The summed E-state index contributed by atoms with van der Waals surface area (Å²) >= 11 is 0. The molecule has 1 aliphatic heterocycles. The van der Waals surface area contributed by atoms with Crippen molar-refractivity contribution in [2.75, 3.05) is 13.2 Å². The monoisotopic (exact) mass is 197 g/mol. The predicted octanol–water partition coefficient (Wildman–Crippen LogP) is 2.43. The summed E-state index contributed by atoms with van der Waals surface area (Å²) in [6, 6.07) is 1.62. The van der Waals surface area contributed by atoms with Crippen molar-refractivity contribution < 1.29 is 4.74 Å². The Hall–Kier alpha value is -0.0800. The Morgan fingerprint density at radius 2 is 1.93 bits per heavy atom. The van der Waals surface area contributed by atoms with E-state index in [0.717, 1.165) is 12.6 Å². The summed E-state index contributed by atoms with van der Waals surface area (Å²) in [6.45, 7) is 8.67. The van der Waals surface area contributed by atoms with E-state index < -0.39 is 0 Å². The zero-order valence-electron chi connectivity index (χ0n) is 9.75. The zero-order valence-corrected chi connectivity index (χ0v) is 9.75. The Bertz CT molecular complexity index is 193. The summed E-state index contributed by atoms with van der Waals surface area (Å²) < 4.78 is 5.88. The van der Waals surface area contributed by atoms with Crippen molar-refractivity contribution in [2.24, 2.45) is 0 Å². The van der Waals surface area contributed by atoms with Crippen LogP contribution in [0, 0.1) is 0 Å². The van der Waals surface area contributed by atoms with Crippen LogP contribution in [0.5, 0.6) is 0 Å². The number of nitrogens with zero attached hydrogens (tertiary/aromatic N) is 1. The minimum absolute atomic E-state index is 0.0256. The van der Waals surface area contributed by atoms with Gasteiger partial charge in [-0.15, -0.1) is 0 Å². The van der Waals surface area contributed by atoms with Crippen molar-refractivity contribution in [1.82, 2.24) is 4.90 Å². The standard InChI is InChI=1S/C12H23NO/c1-12(2,3)14-9-11-5-4-8-13(11)10-6-7-10/h10-11H,4-9H2,1-3H3/t11-/m0/s1. The van der Waals surface area contributed by atoms with Crippen molar-refractivity contribution in [1.29, 1.82) is 0 Å². The van der Waals surface area contributed by atoms with Crippen LogP contribution < -0.4 is 0 Å². The van der Waals surface area contributed by atoms with Gasteiger partial charge >= 0.3 is 0 Å². The lowest BCUT2D eigenvalue weighted by molar-refractivity contribution is -0.0292. The molecular formula is C12H23NO. The van der Waals surface area contributed by atoms with E-state index in [2.05, 4.69) is 25.7 Å². The molecule has 0 radical (unpaired) electrons. The van der Waals surface area contributed by atoms with Crippen LogP contribution in [-0.4, -0.2) is 35.7 Å². The second-order valence-corrected chi connectivity index (χ2v) is 5.69. The van der Waals surface area contributed by atoms with E-state index in [0.29, 0.717) is 6.04 Å². The Morgan fingerprint density at radius 3 is 2.50 bits per heavy atom. The minimum Gasteiger partial charge on any atom is -0.374 e. The molecule has 14 heavy (non-hydrogen) atoms. The lowest BCUT2D eigenvalue weighted by Crippen LogP contribution is -2.37. The van der Waals surface area contributed by atoms with E-state index in [1.54, 1.807) is 0 Å². The summed E-state index contributed by atoms with van der Waals surface area (Å²) in [4.78, 5) is 2.67. The fourth-order valence-corrected chi connectivity index (χ4v) is 2.27. The third-order valence-corrected chi connectivity index (χ3v) is 3.15. The second kappa shape index (κ2) is 3.82. The maximum Gasteiger partial charge on any atom is 0.0629 e. The van der Waals surface area contributed by atoms with Crippen molar-refractivity contribution in [3.8, 4) is 0 Å². The molecule has 0 bridgehead atoms. The van der Waals surface area contributed by atoms with E-state index in [1.807, 2.05) is 0 Å². The first kappa shape index (κ1) is 10.4.